The topological polar surface area (TPSA) is 15.3 Å². The molecule has 0 aromatic heterocycles. The molecule has 1 N–H and O–H groups in total. The van der Waals surface area contributed by atoms with E-state index in [1.165, 1.54) is 51.6 Å². The minimum absolute atomic E-state index is 0.734. The lowest BCUT2D eigenvalue weighted by Gasteiger charge is -2.32. The van der Waals surface area contributed by atoms with Crippen LogP contribution in [0.15, 0.2) is 24.3 Å². The van der Waals surface area contributed by atoms with E-state index in [0.717, 1.165) is 24.5 Å². The molecule has 0 atom stereocenters. The maximum Gasteiger partial charge on any atom is 0.0210 e. The second-order valence-corrected chi connectivity index (χ2v) is 6.90. The lowest BCUT2D eigenvalue weighted by molar-refractivity contribution is 0.189. The molecule has 2 saturated carbocycles. The fourth-order valence-electron chi connectivity index (χ4n) is 3.65. The molecule has 3 aliphatic rings. The first kappa shape index (κ1) is 12.8. The highest BCUT2D eigenvalue weighted by molar-refractivity contribution is 5.33. The summed E-state index contributed by atoms with van der Waals surface area (Å²) in [5, 5.41) is 3.81. The highest BCUT2D eigenvalue weighted by Crippen LogP contribution is 2.41. The van der Waals surface area contributed by atoms with Crippen molar-refractivity contribution in [3.63, 3.8) is 0 Å². The Bertz CT molecular complexity index is 454. The van der Waals surface area contributed by atoms with Crippen LogP contribution in [0.25, 0.3) is 0 Å². The van der Waals surface area contributed by atoms with Crippen LogP contribution in [0.1, 0.15) is 55.6 Å². The molecule has 1 saturated heterocycles. The maximum absolute atomic E-state index is 3.81. The molecule has 1 aromatic rings. The number of nitrogens with one attached hydrogen (secondary N) is 1. The zero-order valence-electron chi connectivity index (χ0n) is 12.4. The van der Waals surface area contributed by atoms with Crippen LogP contribution in [0.5, 0.6) is 0 Å². The third-order valence-electron chi connectivity index (χ3n) is 5.25. The molecule has 4 rings (SSSR count). The Balaban J connectivity index is 1.30. The van der Waals surface area contributed by atoms with Gasteiger partial charge in [-0.25, -0.2) is 0 Å². The molecule has 1 aromatic carbocycles. The van der Waals surface area contributed by atoms with Gasteiger partial charge in [0.05, 0.1) is 0 Å². The number of nitrogens with zero attached hydrogens (tertiary/aromatic N) is 1. The van der Waals surface area contributed by atoms with Crippen LogP contribution in [-0.4, -0.2) is 30.1 Å². The minimum Gasteiger partial charge on any atom is -0.310 e. The monoisotopic (exact) mass is 270 g/mol. The van der Waals surface area contributed by atoms with Crippen molar-refractivity contribution in [2.45, 2.75) is 63.1 Å². The van der Waals surface area contributed by atoms with Crippen molar-refractivity contribution >= 4 is 0 Å². The second-order valence-electron chi connectivity index (χ2n) is 6.90. The Morgan fingerprint density at radius 1 is 0.950 bits per heavy atom. The van der Waals surface area contributed by atoms with E-state index in [1.807, 2.05) is 0 Å². The molecule has 0 unspecified atom stereocenters. The maximum atomic E-state index is 3.81. The largest absolute Gasteiger partial charge is 0.310 e. The molecule has 1 aliphatic heterocycles. The van der Waals surface area contributed by atoms with Crippen molar-refractivity contribution in [2.75, 3.05) is 13.1 Å². The molecule has 1 heterocycles. The number of rotatable bonds is 5. The molecule has 3 fully saturated rings. The van der Waals surface area contributed by atoms with Gasteiger partial charge >= 0.3 is 0 Å². The molecule has 0 amide bonds. The summed E-state index contributed by atoms with van der Waals surface area (Å²) in [6.45, 7) is 3.69. The average Bonchev–Trinajstić information content (AvgIpc) is 3.39. The molecule has 2 nitrogen and oxygen atoms in total. The van der Waals surface area contributed by atoms with Crippen LogP contribution >= 0.6 is 0 Å². The predicted octanol–water partition coefficient (Wildman–Crippen LogP) is 3.28. The minimum atomic E-state index is 0.734. The van der Waals surface area contributed by atoms with Gasteiger partial charge in [0, 0.05) is 18.6 Å². The standard InChI is InChI=1S/C18H26N2/c1-2-4-18(14-5-6-14)15(3-1)13-19-16-9-11-20(12-10-16)17-7-8-17/h1-4,14,16-17,19H,5-13H2. The molecular weight excluding hydrogens is 244 g/mol. The van der Waals surface area contributed by atoms with Crippen LogP contribution in [-0.2, 0) is 6.54 Å². The second kappa shape index (κ2) is 5.50. The summed E-state index contributed by atoms with van der Waals surface area (Å²) in [7, 11) is 0. The summed E-state index contributed by atoms with van der Waals surface area (Å²) >= 11 is 0. The zero-order chi connectivity index (χ0) is 13.4. The summed E-state index contributed by atoms with van der Waals surface area (Å²) < 4.78 is 0. The van der Waals surface area contributed by atoms with E-state index >= 15 is 0 Å². The van der Waals surface area contributed by atoms with E-state index in [0.29, 0.717) is 0 Å². The summed E-state index contributed by atoms with van der Waals surface area (Å²) in [5.74, 6) is 0.865. The summed E-state index contributed by atoms with van der Waals surface area (Å²) in [5.41, 5.74) is 3.15. The lowest BCUT2D eigenvalue weighted by Crippen LogP contribution is -2.43. The van der Waals surface area contributed by atoms with Gasteiger partial charge in [0.25, 0.3) is 0 Å². The van der Waals surface area contributed by atoms with Gasteiger partial charge in [-0.2, -0.15) is 0 Å². The fraction of sp³-hybridized carbons (Fsp3) is 0.667. The van der Waals surface area contributed by atoms with E-state index in [4.69, 9.17) is 0 Å². The van der Waals surface area contributed by atoms with Crippen LogP contribution in [0, 0.1) is 0 Å². The first-order chi connectivity index (χ1) is 9.90. The summed E-state index contributed by atoms with van der Waals surface area (Å²) in [4.78, 5) is 2.70. The first-order valence-electron chi connectivity index (χ1n) is 8.45. The van der Waals surface area contributed by atoms with Crippen molar-refractivity contribution in [2.24, 2.45) is 0 Å². The van der Waals surface area contributed by atoms with Gasteiger partial charge in [0.2, 0.25) is 0 Å². The van der Waals surface area contributed by atoms with E-state index in [2.05, 4.69) is 34.5 Å². The van der Waals surface area contributed by atoms with Gasteiger partial charge in [0.1, 0.15) is 0 Å². The van der Waals surface area contributed by atoms with Gasteiger partial charge in [0.15, 0.2) is 0 Å². The summed E-state index contributed by atoms with van der Waals surface area (Å²) in [6, 6.07) is 10.7. The van der Waals surface area contributed by atoms with E-state index in [1.54, 1.807) is 11.1 Å². The van der Waals surface area contributed by atoms with E-state index in [-0.39, 0.29) is 0 Å². The third-order valence-corrected chi connectivity index (χ3v) is 5.25. The number of likely N-dealkylation sites (tertiary alicyclic amines) is 1. The van der Waals surface area contributed by atoms with Crippen LogP contribution in [0.3, 0.4) is 0 Å². The Kier molecular flexibility index (Phi) is 3.53. The molecule has 0 spiro atoms. The number of hydrogen-bond acceptors (Lipinski definition) is 2. The van der Waals surface area contributed by atoms with E-state index < -0.39 is 0 Å². The molecule has 2 heteroatoms. The quantitative estimate of drug-likeness (QED) is 0.883. The van der Waals surface area contributed by atoms with Gasteiger partial charge < -0.3 is 10.2 Å². The first-order valence-corrected chi connectivity index (χ1v) is 8.45. The van der Waals surface area contributed by atoms with Crippen molar-refractivity contribution in [1.82, 2.24) is 10.2 Å². The average molecular weight is 270 g/mol. The molecule has 0 radical (unpaired) electrons. The van der Waals surface area contributed by atoms with Crippen molar-refractivity contribution in [1.29, 1.82) is 0 Å². The SMILES string of the molecule is c1ccc(C2CC2)c(CNC2CCN(C3CC3)CC2)c1. The Hall–Kier alpha value is -0.860. The predicted molar refractivity (Wildman–Crippen MR) is 82.9 cm³/mol. The molecule has 0 bridgehead atoms. The van der Waals surface area contributed by atoms with Gasteiger partial charge in [-0.05, 0) is 68.7 Å². The van der Waals surface area contributed by atoms with Crippen LogP contribution < -0.4 is 5.32 Å². The van der Waals surface area contributed by atoms with Gasteiger partial charge in [-0.3, -0.25) is 0 Å². The molecule has 20 heavy (non-hydrogen) atoms. The third kappa shape index (κ3) is 2.91. The smallest absolute Gasteiger partial charge is 0.0210 e. The van der Waals surface area contributed by atoms with Gasteiger partial charge in [-0.1, -0.05) is 24.3 Å². The molecule has 2 aliphatic carbocycles. The Morgan fingerprint density at radius 2 is 1.70 bits per heavy atom. The summed E-state index contributed by atoms with van der Waals surface area (Å²) in [6.07, 6.45) is 8.37. The van der Waals surface area contributed by atoms with Crippen LogP contribution in [0.4, 0.5) is 0 Å². The molecular formula is C18H26N2. The van der Waals surface area contributed by atoms with Crippen molar-refractivity contribution in [3.05, 3.63) is 35.4 Å². The van der Waals surface area contributed by atoms with Crippen molar-refractivity contribution < 1.29 is 0 Å². The Morgan fingerprint density at radius 3 is 2.40 bits per heavy atom. The normalized spacial score (nSPS) is 25.0. The highest BCUT2D eigenvalue weighted by Gasteiger charge is 2.31. The number of piperidine rings is 1. The van der Waals surface area contributed by atoms with Crippen molar-refractivity contribution in [3.8, 4) is 0 Å². The highest BCUT2D eigenvalue weighted by atomic mass is 15.2. The fourth-order valence-corrected chi connectivity index (χ4v) is 3.65. The molecule has 108 valence electrons. The van der Waals surface area contributed by atoms with Crippen LogP contribution in [0.2, 0.25) is 0 Å². The van der Waals surface area contributed by atoms with Gasteiger partial charge in [-0.15, -0.1) is 0 Å². The van der Waals surface area contributed by atoms with E-state index in [9.17, 15) is 0 Å². The zero-order valence-corrected chi connectivity index (χ0v) is 12.4. The number of hydrogen-bond donors (Lipinski definition) is 1. The Labute approximate surface area is 122 Å². The number of benzene rings is 1. The lowest BCUT2D eigenvalue weighted by atomic mass is 10.0.